The standard InChI is InChI=1S/C21H25N3O3/c1-16-5-4-6-17(15-16)20(25)23-19-8-3-2-7-18(19)21(26)22-9-10-24-11-13-27-14-12-24/h2-8,15H,9-14H2,1H3,(H,22,26)(H,23,25). The zero-order valence-electron chi connectivity index (χ0n) is 15.5. The first-order valence-electron chi connectivity index (χ1n) is 9.19. The number of morpholine rings is 1. The number of amides is 2. The van der Waals surface area contributed by atoms with Gasteiger partial charge in [0.2, 0.25) is 0 Å². The fourth-order valence-electron chi connectivity index (χ4n) is 3.02. The number of rotatable bonds is 6. The van der Waals surface area contributed by atoms with Crippen molar-refractivity contribution in [2.45, 2.75) is 6.92 Å². The highest BCUT2D eigenvalue weighted by molar-refractivity contribution is 6.09. The summed E-state index contributed by atoms with van der Waals surface area (Å²) in [5.41, 5.74) is 2.54. The Morgan fingerprint density at radius 3 is 2.59 bits per heavy atom. The van der Waals surface area contributed by atoms with E-state index in [-0.39, 0.29) is 11.8 Å². The molecule has 6 heteroatoms. The lowest BCUT2D eigenvalue weighted by molar-refractivity contribution is 0.0383. The Bertz CT molecular complexity index is 801. The van der Waals surface area contributed by atoms with E-state index in [1.807, 2.05) is 25.1 Å². The van der Waals surface area contributed by atoms with Gasteiger partial charge >= 0.3 is 0 Å². The molecule has 142 valence electrons. The number of aryl methyl sites for hydroxylation is 1. The molecule has 2 N–H and O–H groups in total. The van der Waals surface area contributed by atoms with E-state index >= 15 is 0 Å². The van der Waals surface area contributed by atoms with E-state index in [0.717, 1.165) is 38.4 Å². The first kappa shape index (κ1) is 19.1. The monoisotopic (exact) mass is 367 g/mol. The van der Waals surface area contributed by atoms with Crippen LogP contribution in [0, 0.1) is 6.92 Å². The maximum Gasteiger partial charge on any atom is 0.255 e. The molecule has 1 aliphatic heterocycles. The van der Waals surface area contributed by atoms with Crippen molar-refractivity contribution in [3.05, 3.63) is 65.2 Å². The molecule has 0 saturated carbocycles. The maximum absolute atomic E-state index is 12.6. The van der Waals surface area contributed by atoms with Crippen LogP contribution in [0.15, 0.2) is 48.5 Å². The van der Waals surface area contributed by atoms with Crippen molar-refractivity contribution in [3.63, 3.8) is 0 Å². The summed E-state index contributed by atoms with van der Waals surface area (Å²) in [5.74, 6) is -0.421. The van der Waals surface area contributed by atoms with Gasteiger partial charge in [0.25, 0.3) is 11.8 Å². The normalized spacial score (nSPS) is 14.6. The highest BCUT2D eigenvalue weighted by Crippen LogP contribution is 2.16. The van der Waals surface area contributed by atoms with Gasteiger partial charge < -0.3 is 15.4 Å². The number of nitrogens with one attached hydrogen (secondary N) is 2. The number of carbonyl (C=O) groups is 2. The number of para-hydroxylation sites is 1. The minimum Gasteiger partial charge on any atom is -0.379 e. The van der Waals surface area contributed by atoms with Crippen molar-refractivity contribution < 1.29 is 14.3 Å². The molecule has 2 amide bonds. The average Bonchev–Trinajstić information content (AvgIpc) is 2.69. The molecule has 1 aliphatic rings. The lowest BCUT2D eigenvalue weighted by Crippen LogP contribution is -2.41. The Morgan fingerprint density at radius 1 is 1.04 bits per heavy atom. The molecule has 1 fully saturated rings. The average molecular weight is 367 g/mol. The van der Waals surface area contributed by atoms with Crippen molar-refractivity contribution in [3.8, 4) is 0 Å². The molecular formula is C21H25N3O3. The summed E-state index contributed by atoms with van der Waals surface area (Å²) in [4.78, 5) is 27.3. The molecule has 3 rings (SSSR count). The second kappa shape index (κ2) is 9.30. The first-order chi connectivity index (χ1) is 13.1. The second-order valence-electron chi connectivity index (χ2n) is 6.58. The molecule has 27 heavy (non-hydrogen) atoms. The Kier molecular flexibility index (Phi) is 6.57. The summed E-state index contributed by atoms with van der Waals surface area (Å²) in [6.07, 6.45) is 0. The minimum absolute atomic E-state index is 0.191. The van der Waals surface area contributed by atoms with Crippen LogP contribution in [-0.4, -0.2) is 56.1 Å². The molecule has 0 atom stereocenters. The lowest BCUT2D eigenvalue weighted by atomic mass is 10.1. The highest BCUT2D eigenvalue weighted by Gasteiger charge is 2.15. The predicted molar refractivity (Wildman–Crippen MR) is 105 cm³/mol. The second-order valence-corrected chi connectivity index (χ2v) is 6.58. The fourth-order valence-corrected chi connectivity index (χ4v) is 3.02. The van der Waals surface area contributed by atoms with Gasteiger partial charge in [-0.3, -0.25) is 14.5 Å². The van der Waals surface area contributed by atoms with Gasteiger partial charge in [-0.15, -0.1) is 0 Å². The van der Waals surface area contributed by atoms with Crippen LogP contribution in [0.3, 0.4) is 0 Å². The molecular weight excluding hydrogens is 342 g/mol. The Labute approximate surface area is 159 Å². The molecule has 0 aromatic heterocycles. The van der Waals surface area contributed by atoms with Crippen LogP contribution in [0.25, 0.3) is 0 Å². The van der Waals surface area contributed by atoms with Gasteiger partial charge in [-0.1, -0.05) is 29.8 Å². The summed E-state index contributed by atoms with van der Waals surface area (Å²) >= 11 is 0. The van der Waals surface area contributed by atoms with Crippen molar-refractivity contribution >= 4 is 17.5 Å². The number of carbonyl (C=O) groups excluding carboxylic acids is 2. The van der Waals surface area contributed by atoms with Crippen molar-refractivity contribution in [2.75, 3.05) is 44.7 Å². The summed E-state index contributed by atoms with van der Waals surface area (Å²) in [5, 5.41) is 5.78. The Morgan fingerprint density at radius 2 is 1.81 bits per heavy atom. The van der Waals surface area contributed by atoms with Gasteiger partial charge in [-0.2, -0.15) is 0 Å². The van der Waals surface area contributed by atoms with Crippen molar-refractivity contribution in [2.24, 2.45) is 0 Å². The largest absolute Gasteiger partial charge is 0.379 e. The summed E-state index contributed by atoms with van der Waals surface area (Å²) in [7, 11) is 0. The summed E-state index contributed by atoms with van der Waals surface area (Å²) in [6.45, 7) is 6.53. The molecule has 0 unspecified atom stereocenters. The van der Waals surface area contributed by atoms with Gasteiger partial charge in [-0.05, 0) is 31.2 Å². The van der Waals surface area contributed by atoms with E-state index < -0.39 is 0 Å². The number of ether oxygens (including phenoxy) is 1. The van der Waals surface area contributed by atoms with Crippen molar-refractivity contribution in [1.29, 1.82) is 0 Å². The number of anilines is 1. The van der Waals surface area contributed by atoms with Gasteiger partial charge in [0, 0.05) is 31.7 Å². The van der Waals surface area contributed by atoms with Crippen LogP contribution in [0.2, 0.25) is 0 Å². The van der Waals surface area contributed by atoms with E-state index in [2.05, 4.69) is 15.5 Å². The van der Waals surface area contributed by atoms with E-state index in [1.54, 1.807) is 30.3 Å². The fraction of sp³-hybridized carbons (Fsp3) is 0.333. The number of hydrogen-bond donors (Lipinski definition) is 2. The maximum atomic E-state index is 12.6. The van der Waals surface area contributed by atoms with Gasteiger partial charge in [0.05, 0.1) is 24.5 Å². The topological polar surface area (TPSA) is 70.7 Å². The quantitative estimate of drug-likeness (QED) is 0.822. The summed E-state index contributed by atoms with van der Waals surface area (Å²) in [6, 6.07) is 14.4. The molecule has 0 aliphatic carbocycles. The third-order valence-electron chi connectivity index (χ3n) is 4.52. The van der Waals surface area contributed by atoms with E-state index in [1.165, 1.54) is 0 Å². The zero-order valence-corrected chi connectivity index (χ0v) is 15.5. The first-order valence-corrected chi connectivity index (χ1v) is 9.19. The number of hydrogen-bond acceptors (Lipinski definition) is 4. The minimum atomic E-state index is -0.229. The highest BCUT2D eigenvalue weighted by atomic mass is 16.5. The molecule has 0 bridgehead atoms. The number of benzene rings is 2. The van der Waals surface area contributed by atoms with Gasteiger partial charge in [-0.25, -0.2) is 0 Å². The molecule has 1 heterocycles. The van der Waals surface area contributed by atoms with E-state index in [4.69, 9.17) is 4.74 Å². The van der Waals surface area contributed by atoms with Crippen LogP contribution in [0.5, 0.6) is 0 Å². The molecule has 2 aromatic rings. The van der Waals surface area contributed by atoms with E-state index in [0.29, 0.717) is 23.4 Å². The third-order valence-corrected chi connectivity index (χ3v) is 4.52. The molecule has 0 radical (unpaired) electrons. The smallest absolute Gasteiger partial charge is 0.255 e. The lowest BCUT2D eigenvalue weighted by Gasteiger charge is -2.26. The summed E-state index contributed by atoms with van der Waals surface area (Å²) < 4.78 is 5.32. The predicted octanol–water partition coefficient (Wildman–Crippen LogP) is 2.31. The molecule has 6 nitrogen and oxygen atoms in total. The third kappa shape index (κ3) is 5.39. The van der Waals surface area contributed by atoms with Crippen LogP contribution >= 0.6 is 0 Å². The van der Waals surface area contributed by atoms with Gasteiger partial charge in [0.1, 0.15) is 0 Å². The molecule has 1 saturated heterocycles. The van der Waals surface area contributed by atoms with Crippen LogP contribution in [-0.2, 0) is 4.74 Å². The van der Waals surface area contributed by atoms with Crippen LogP contribution in [0.4, 0.5) is 5.69 Å². The van der Waals surface area contributed by atoms with Gasteiger partial charge in [0.15, 0.2) is 0 Å². The Hall–Kier alpha value is -2.70. The van der Waals surface area contributed by atoms with Crippen LogP contribution in [0.1, 0.15) is 26.3 Å². The van der Waals surface area contributed by atoms with Crippen LogP contribution < -0.4 is 10.6 Å². The molecule has 0 spiro atoms. The SMILES string of the molecule is Cc1cccc(C(=O)Nc2ccccc2C(=O)NCCN2CCOCC2)c1. The zero-order chi connectivity index (χ0) is 19.1. The Balaban J connectivity index is 1.60. The van der Waals surface area contributed by atoms with Crippen molar-refractivity contribution in [1.82, 2.24) is 10.2 Å². The number of nitrogens with zero attached hydrogens (tertiary/aromatic N) is 1. The molecule has 2 aromatic carbocycles. The van der Waals surface area contributed by atoms with E-state index in [9.17, 15) is 9.59 Å².